The van der Waals surface area contributed by atoms with E-state index in [4.69, 9.17) is 4.74 Å². The summed E-state index contributed by atoms with van der Waals surface area (Å²) < 4.78 is 42.9. The topological polar surface area (TPSA) is 52.1 Å². The number of halogens is 3. The van der Waals surface area contributed by atoms with Crippen LogP contribution in [-0.4, -0.2) is 76.5 Å². The first-order chi connectivity index (χ1) is 13.9. The molecule has 0 aliphatic carbocycles. The Hall–Kier alpha value is -2.16. The SMILES string of the molecule is CN=C(NCC1CCN(c2cccc(OC)c2)C1)NC1CCN(CC(F)(F)F)C1. The number of hydrogen-bond acceptors (Lipinski definition) is 4. The first kappa shape index (κ1) is 21.5. The number of likely N-dealkylation sites (tertiary alicyclic amines) is 1. The van der Waals surface area contributed by atoms with E-state index in [1.807, 2.05) is 18.2 Å². The van der Waals surface area contributed by atoms with Crippen molar-refractivity contribution >= 4 is 11.6 Å². The number of nitrogens with zero attached hydrogens (tertiary/aromatic N) is 3. The number of aliphatic imine (C=N–C) groups is 1. The van der Waals surface area contributed by atoms with Crippen molar-refractivity contribution in [1.82, 2.24) is 15.5 Å². The molecule has 9 heteroatoms. The minimum atomic E-state index is -4.15. The van der Waals surface area contributed by atoms with Crippen molar-refractivity contribution < 1.29 is 17.9 Å². The molecule has 0 aromatic heterocycles. The molecule has 0 spiro atoms. The molecule has 1 aromatic rings. The van der Waals surface area contributed by atoms with E-state index in [9.17, 15) is 13.2 Å². The number of anilines is 1. The molecule has 0 saturated carbocycles. The summed E-state index contributed by atoms with van der Waals surface area (Å²) >= 11 is 0. The van der Waals surface area contributed by atoms with Gasteiger partial charge in [-0.05, 0) is 30.9 Å². The second kappa shape index (κ2) is 9.56. The highest BCUT2D eigenvalue weighted by Crippen LogP contribution is 2.26. The standard InChI is InChI=1S/C20H30F3N5O/c1-24-19(26-16-7-8-27(13-16)14-20(21,22)23)25-11-15-6-9-28(12-15)17-4-3-5-18(10-17)29-2/h3-5,10,15-16H,6-9,11-14H2,1-2H3,(H2,24,25,26). The Morgan fingerprint density at radius 2 is 2.07 bits per heavy atom. The van der Waals surface area contributed by atoms with Gasteiger partial charge in [0.05, 0.1) is 13.7 Å². The molecule has 2 atom stereocenters. The normalized spacial score (nSPS) is 23.5. The molecule has 0 bridgehead atoms. The van der Waals surface area contributed by atoms with E-state index in [-0.39, 0.29) is 6.04 Å². The summed E-state index contributed by atoms with van der Waals surface area (Å²) in [7, 11) is 3.36. The Morgan fingerprint density at radius 3 is 2.79 bits per heavy atom. The van der Waals surface area contributed by atoms with Gasteiger partial charge in [0.15, 0.2) is 5.96 Å². The van der Waals surface area contributed by atoms with E-state index in [1.54, 1.807) is 14.2 Å². The molecule has 2 heterocycles. The second-order valence-corrected chi connectivity index (χ2v) is 7.74. The van der Waals surface area contributed by atoms with Gasteiger partial charge < -0.3 is 20.3 Å². The Morgan fingerprint density at radius 1 is 1.24 bits per heavy atom. The summed E-state index contributed by atoms with van der Waals surface area (Å²) in [5.74, 6) is 1.98. The predicted molar refractivity (Wildman–Crippen MR) is 109 cm³/mol. The second-order valence-electron chi connectivity index (χ2n) is 7.74. The van der Waals surface area contributed by atoms with Crippen LogP contribution in [0.1, 0.15) is 12.8 Å². The largest absolute Gasteiger partial charge is 0.497 e. The Kier molecular flexibility index (Phi) is 7.10. The van der Waals surface area contributed by atoms with Crippen molar-refractivity contribution in [3.8, 4) is 5.75 Å². The number of hydrogen-bond donors (Lipinski definition) is 2. The molecular weight excluding hydrogens is 383 g/mol. The Bertz CT molecular complexity index is 697. The third-order valence-corrected chi connectivity index (χ3v) is 5.50. The van der Waals surface area contributed by atoms with Gasteiger partial charge in [0.25, 0.3) is 0 Å². The molecule has 0 amide bonds. The van der Waals surface area contributed by atoms with E-state index < -0.39 is 12.7 Å². The minimum Gasteiger partial charge on any atom is -0.497 e. The molecule has 2 unspecified atom stereocenters. The number of nitrogens with one attached hydrogen (secondary N) is 2. The van der Waals surface area contributed by atoms with Gasteiger partial charge in [-0.25, -0.2) is 0 Å². The van der Waals surface area contributed by atoms with E-state index in [0.29, 0.717) is 31.4 Å². The van der Waals surface area contributed by atoms with Gasteiger partial charge in [-0.3, -0.25) is 9.89 Å². The molecule has 0 radical (unpaired) electrons. The first-order valence-electron chi connectivity index (χ1n) is 10.0. The number of guanidine groups is 1. The molecule has 2 fully saturated rings. The van der Waals surface area contributed by atoms with E-state index in [0.717, 1.165) is 37.5 Å². The zero-order chi connectivity index (χ0) is 20.9. The van der Waals surface area contributed by atoms with Gasteiger partial charge in [-0.1, -0.05) is 6.07 Å². The summed E-state index contributed by atoms with van der Waals surface area (Å²) in [4.78, 5) is 8.02. The van der Waals surface area contributed by atoms with Crippen molar-refractivity contribution in [2.75, 3.05) is 58.3 Å². The van der Waals surface area contributed by atoms with Crippen LogP contribution in [0.3, 0.4) is 0 Å². The van der Waals surface area contributed by atoms with Gasteiger partial charge in [-0.2, -0.15) is 13.2 Å². The van der Waals surface area contributed by atoms with Gasteiger partial charge in [0.1, 0.15) is 5.75 Å². The Labute approximate surface area is 170 Å². The summed E-state index contributed by atoms with van der Waals surface area (Å²) in [6.07, 6.45) is -2.39. The number of benzene rings is 1. The van der Waals surface area contributed by atoms with Gasteiger partial charge in [-0.15, -0.1) is 0 Å². The smallest absolute Gasteiger partial charge is 0.401 e. The summed E-state index contributed by atoms with van der Waals surface area (Å²) in [5, 5.41) is 6.61. The highest BCUT2D eigenvalue weighted by Gasteiger charge is 2.34. The van der Waals surface area contributed by atoms with Crippen LogP contribution in [0.2, 0.25) is 0 Å². The highest BCUT2D eigenvalue weighted by molar-refractivity contribution is 5.80. The molecule has 2 aliphatic heterocycles. The van der Waals surface area contributed by atoms with Crippen LogP contribution in [0.25, 0.3) is 0 Å². The Balaban J connectivity index is 1.42. The third kappa shape index (κ3) is 6.42. The number of alkyl halides is 3. The van der Waals surface area contributed by atoms with Crippen LogP contribution in [0.4, 0.5) is 18.9 Å². The molecule has 6 nitrogen and oxygen atoms in total. The first-order valence-corrected chi connectivity index (χ1v) is 10.0. The lowest BCUT2D eigenvalue weighted by atomic mass is 10.1. The van der Waals surface area contributed by atoms with Crippen LogP contribution >= 0.6 is 0 Å². The monoisotopic (exact) mass is 413 g/mol. The quantitative estimate of drug-likeness (QED) is 0.554. The minimum absolute atomic E-state index is 0.0135. The lowest BCUT2D eigenvalue weighted by Crippen LogP contribution is -2.46. The van der Waals surface area contributed by atoms with Gasteiger partial charge >= 0.3 is 6.18 Å². The fourth-order valence-corrected chi connectivity index (χ4v) is 4.02. The van der Waals surface area contributed by atoms with Crippen LogP contribution in [0, 0.1) is 5.92 Å². The van der Waals surface area contributed by atoms with Crippen LogP contribution in [0.15, 0.2) is 29.3 Å². The average molecular weight is 413 g/mol. The fraction of sp³-hybridized carbons (Fsp3) is 0.650. The maximum Gasteiger partial charge on any atom is 0.401 e. The zero-order valence-electron chi connectivity index (χ0n) is 17.0. The molecule has 2 N–H and O–H groups in total. The maximum atomic E-state index is 12.5. The molecule has 1 aromatic carbocycles. The summed E-state index contributed by atoms with van der Waals surface area (Å²) in [6.45, 7) is 2.69. The van der Waals surface area contributed by atoms with E-state index >= 15 is 0 Å². The van der Waals surface area contributed by atoms with Crippen LogP contribution < -0.4 is 20.3 Å². The van der Waals surface area contributed by atoms with Crippen molar-refractivity contribution in [2.45, 2.75) is 25.1 Å². The van der Waals surface area contributed by atoms with E-state index in [2.05, 4.69) is 26.6 Å². The number of methoxy groups -OCH3 is 1. The molecule has 2 saturated heterocycles. The zero-order valence-corrected chi connectivity index (χ0v) is 17.0. The molecular formula is C20H30F3N5O. The maximum absolute atomic E-state index is 12.5. The van der Waals surface area contributed by atoms with Crippen molar-refractivity contribution in [3.63, 3.8) is 0 Å². The third-order valence-electron chi connectivity index (χ3n) is 5.50. The summed E-state index contributed by atoms with van der Waals surface area (Å²) in [6, 6.07) is 8.05. The van der Waals surface area contributed by atoms with E-state index in [1.165, 1.54) is 4.90 Å². The summed E-state index contributed by atoms with van der Waals surface area (Å²) in [5.41, 5.74) is 1.16. The highest BCUT2D eigenvalue weighted by atomic mass is 19.4. The average Bonchev–Trinajstić information content (AvgIpc) is 3.33. The lowest BCUT2D eigenvalue weighted by Gasteiger charge is -2.21. The van der Waals surface area contributed by atoms with Crippen LogP contribution in [-0.2, 0) is 0 Å². The van der Waals surface area contributed by atoms with Crippen molar-refractivity contribution in [3.05, 3.63) is 24.3 Å². The molecule has 3 rings (SSSR count). The molecule has 162 valence electrons. The molecule has 2 aliphatic rings. The van der Waals surface area contributed by atoms with Crippen LogP contribution in [0.5, 0.6) is 5.75 Å². The van der Waals surface area contributed by atoms with Crippen molar-refractivity contribution in [1.29, 1.82) is 0 Å². The van der Waals surface area contributed by atoms with Gasteiger partial charge in [0.2, 0.25) is 0 Å². The molecule has 29 heavy (non-hydrogen) atoms. The van der Waals surface area contributed by atoms with Gasteiger partial charge in [0, 0.05) is 57.6 Å². The number of rotatable bonds is 6. The predicted octanol–water partition coefficient (Wildman–Crippen LogP) is 2.32. The number of ether oxygens (including phenoxy) is 1. The fourth-order valence-electron chi connectivity index (χ4n) is 4.02. The van der Waals surface area contributed by atoms with Crippen molar-refractivity contribution in [2.24, 2.45) is 10.9 Å². The lowest BCUT2D eigenvalue weighted by molar-refractivity contribution is -0.143.